The number of nitrogens with zero attached hydrogens (tertiary/aromatic N) is 3. The van der Waals surface area contributed by atoms with E-state index >= 15 is 0 Å². The van der Waals surface area contributed by atoms with Crippen molar-refractivity contribution < 1.29 is 18.7 Å². The smallest absolute Gasteiger partial charge is 0.266 e. The molecule has 0 radical (unpaired) electrons. The molecule has 0 aliphatic heterocycles. The van der Waals surface area contributed by atoms with Crippen molar-refractivity contribution in [3.8, 4) is 11.5 Å². The van der Waals surface area contributed by atoms with Crippen LogP contribution in [-0.4, -0.2) is 55.2 Å². The molecule has 32 heavy (non-hydrogen) atoms. The van der Waals surface area contributed by atoms with Gasteiger partial charge in [0.15, 0.2) is 23.3 Å². The summed E-state index contributed by atoms with van der Waals surface area (Å²) in [5.74, 6) is 0.0761. The number of para-hydroxylation sites is 1. The number of halogens is 2. The van der Waals surface area contributed by atoms with Crippen LogP contribution in [0.1, 0.15) is 20.8 Å². The highest BCUT2D eigenvalue weighted by molar-refractivity contribution is 7.22. The van der Waals surface area contributed by atoms with Crippen LogP contribution < -0.4 is 14.4 Å². The van der Waals surface area contributed by atoms with E-state index < -0.39 is 5.82 Å². The molecule has 0 aliphatic rings. The highest BCUT2D eigenvalue weighted by atomic mass is 35.5. The van der Waals surface area contributed by atoms with Crippen LogP contribution in [0, 0.1) is 5.82 Å². The Morgan fingerprint density at radius 3 is 2.50 bits per heavy atom. The van der Waals surface area contributed by atoms with Crippen LogP contribution in [0.25, 0.3) is 10.2 Å². The number of amides is 1. The Labute approximate surface area is 198 Å². The molecule has 0 spiro atoms. The summed E-state index contributed by atoms with van der Waals surface area (Å²) < 4.78 is 25.8. The molecule has 0 atom stereocenters. The maximum Gasteiger partial charge on any atom is 0.266 e. The van der Waals surface area contributed by atoms with E-state index in [1.807, 2.05) is 25.1 Å². The number of ether oxygens (including phenoxy) is 2. The summed E-state index contributed by atoms with van der Waals surface area (Å²) in [6, 6.07) is 11.8. The summed E-state index contributed by atoms with van der Waals surface area (Å²) in [5.41, 5.74) is 0.805. The number of thiazole rings is 1. The molecule has 0 N–H and O–H groups in total. The third kappa shape index (κ3) is 6.54. The molecule has 2 aromatic carbocycles. The lowest BCUT2D eigenvalue weighted by Crippen LogP contribution is -2.41. The summed E-state index contributed by atoms with van der Waals surface area (Å²) >= 11 is 1.43. The zero-order valence-electron chi connectivity index (χ0n) is 18.5. The first-order chi connectivity index (χ1) is 15.0. The van der Waals surface area contributed by atoms with Gasteiger partial charge in [-0.1, -0.05) is 37.3 Å². The van der Waals surface area contributed by atoms with Gasteiger partial charge in [-0.25, -0.2) is 9.37 Å². The molecule has 3 aromatic rings. The summed E-state index contributed by atoms with van der Waals surface area (Å²) in [4.78, 5) is 21.6. The van der Waals surface area contributed by atoms with Gasteiger partial charge in [-0.3, -0.25) is 9.69 Å². The van der Waals surface area contributed by atoms with E-state index in [1.54, 1.807) is 17.0 Å². The summed E-state index contributed by atoms with van der Waals surface area (Å²) in [6.07, 6.45) is 0. The van der Waals surface area contributed by atoms with Crippen molar-refractivity contribution in [3.63, 3.8) is 0 Å². The first-order valence-electron chi connectivity index (χ1n) is 10.5. The van der Waals surface area contributed by atoms with Crippen molar-refractivity contribution in [3.05, 3.63) is 48.3 Å². The van der Waals surface area contributed by atoms with Crippen molar-refractivity contribution in [1.29, 1.82) is 0 Å². The van der Waals surface area contributed by atoms with Gasteiger partial charge in [0.1, 0.15) is 5.75 Å². The Balaban J connectivity index is 0.00000363. The molecule has 1 heterocycles. The second-order valence-corrected chi connectivity index (χ2v) is 7.86. The lowest BCUT2D eigenvalue weighted by Gasteiger charge is -2.24. The molecule has 0 bridgehead atoms. The molecule has 1 aromatic heterocycles. The third-order valence-electron chi connectivity index (χ3n) is 4.91. The Bertz CT molecular complexity index is 1010. The van der Waals surface area contributed by atoms with Crippen LogP contribution in [0.5, 0.6) is 11.5 Å². The molecule has 0 unspecified atom stereocenters. The molecule has 0 fully saturated rings. The molecule has 6 nitrogen and oxygen atoms in total. The predicted molar refractivity (Wildman–Crippen MR) is 130 cm³/mol. The highest BCUT2D eigenvalue weighted by Gasteiger charge is 2.21. The number of rotatable bonds is 11. The number of anilines is 1. The van der Waals surface area contributed by atoms with E-state index in [0.717, 1.165) is 29.1 Å². The van der Waals surface area contributed by atoms with Gasteiger partial charge in [0, 0.05) is 13.1 Å². The lowest BCUT2D eigenvalue weighted by molar-refractivity contribution is -0.120. The quantitative estimate of drug-likeness (QED) is 0.385. The number of hydrogen-bond donors (Lipinski definition) is 0. The fraction of sp³-hybridized carbons (Fsp3) is 0.391. The van der Waals surface area contributed by atoms with Crippen molar-refractivity contribution in [2.75, 3.05) is 44.3 Å². The second kappa shape index (κ2) is 12.6. The first kappa shape index (κ1) is 25.8. The fourth-order valence-corrected chi connectivity index (χ4v) is 4.19. The lowest BCUT2D eigenvalue weighted by atomic mass is 10.3. The largest absolute Gasteiger partial charge is 0.494 e. The Morgan fingerprint density at radius 2 is 1.81 bits per heavy atom. The van der Waals surface area contributed by atoms with Gasteiger partial charge in [0.05, 0.1) is 16.8 Å². The zero-order valence-corrected chi connectivity index (χ0v) is 20.2. The SMILES string of the molecule is CCOc1ccc2nc(N(CCN(CC)CC)C(=O)COc3ccccc3F)sc2c1.Cl. The van der Waals surface area contributed by atoms with Crippen molar-refractivity contribution in [2.24, 2.45) is 0 Å². The number of carbonyl (C=O) groups is 1. The maximum atomic E-state index is 13.9. The van der Waals surface area contributed by atoms with E-state index in [1.165, 1.54) is 23.5 Å². The minimum absolute atomic E-state index is 0. The predicted octanol–water partition coefficient (Wildman–Crippen LogP) is 5.01. The molecule has 174 valence electrons. The molecule has 0 saturated carbocycles. The molecule has 3 rings (SSSR count). The van der Waals surface area contributed by atoms with Gasteiger partial charge >= 0.3 is 0 Å². The molecule has 1 amide bonds. The number of aromatic nitrogens is 1. The minimum Gasteiger partial charge on any atom is -0.494 e. The van der Waals surface area contributed by atoms with E-state index in [2.05, 4.69) is 23.7 Å². The highest BCUT2D eigenvalue weighted by Crippen LogP contribution is 2.31. The van der Waals surface area contributed by atoms with E-state index in [0.29, 0.717) is 24.8 Å². The fourth-order valence-electron chi connectivity index (χ4n) is 3.15. The topological polar surface area (TPSA) is 54.9 Å². The maximum absolute atomic E-state index is 13.9. The van der Waals surface area contributed by atoms with Crippen LogP contribution in [0.4, 0.5) is 9.52 Å². The number of benzene rings is 2. The zero-order chi connectivity index (χ0) is 22.2. The minimum atomic E-state index is -0.492. The molecular formula is C23H29ClFN3O3S. The Hall–Kier alpha value is -2.42. The van der Waals surface area contributed by atoms with Crippen LogP contribution in [0.3, 0.4) is 0 Å². The number of likely N-dealkylation sites (N-methyl/N-ethyl adjacent to an activating group) is 1. The average molecular weight is 482 g/mol. The molecular weight excluding hydrogens is 453 g/mol. The van der Waals surface area contributed by atoms with E-state index in [4.69, 9.17) is 9.47 Å². The van der Waals surface area contributed by atoms with Crippen molar-refractivity contribution in [2.45, 2.75) is 20.8 Å². The van der Waals surface area contributed by atoms with Crippen LogP contribution >= 0.6 is 23.7 Å². The van der Waals surface area contributed by atoms with Crippen molar-refractivity contribution in [1.82, 2.24) is 9.88 Å². The van der Waals surface area contributed by atoms with Gasteiger partial charge in [-0.2, -0.15) is 0 Å². The average Bonchev–Trinajstić information content (AvgIpc) is 3.19. The van der Waals surface area contributed by atoms with Crippen LogP contribution in [0.2, 0.25) is 0 Å². The summed E-state index contributed by atoms with van der Waals surface area (Å²) in [7, 11) is 0. The monoisotopic (exact) mass is 481 g/mol. The molecule has 9 heteroatoms. The third-order valence-corrected chi connectivity index (χ3v) is 5.95. The first-order valence-corrected chi connectivity index (χ1v) is 11.3. The number of carbonyl (C=O) groups excluding carboxylic acids is 1. The normalized spacial score (nSPS) is 10.8. The van der Waals surface area contributed by atoms with Gasteiger partial charge in [-0.05, 0) is 50.3 Å². The number of hydrogen-bond acceptors (Lipinski definition) is 6. The van der Waals surface area contributed by atoms with Gasteiger partial charge < -0.3 is 14.4 Å². The summed E-state index contributed by atoms with van der Waals surface area (Å²) in [6.45, 7) is 9.39. The van der Waals surface area contributed by atoms with Crippen LogP contribution in [0.15, 0.2) is 42.5 Å². The van der Waals surface area contributed by atoms with Gasteiger partial charge in [-0.15, -0.1) is 12.4 Å². The Kier molecular flexibility index (Phi) is 10.2. The second-order valence-electron chi connectivity index (χ2n) is 6.85. The van der Waals surface area contributed by atoms with Gasteiger partial charge in [0.25, 0.3) is 5.91 Å². The van der Waals surface area contributed by atoms with Crippen molar-refractivity contribution >= 4 is 45.0 Å². The molecule has 0 saturated heterocycles. The standard InChI is InChI=1S/C23H28FN3O3S.ClH/c1-4-26(5-2)13-14-27(22(28)16-30-20-10-8-7-9-18(20)24)23-25-19-12-11-17(29-6-3)15-21(19)31-23;/h7-12,15H,4-6,13-14,16H2,1-3H3;1H. The van der Waals surface area contributed by atoms with E-state index in [-0.39, 0.29) is 30.7 Å². The molecule has 0 aliphatic carbocycles. The number of fused-ring (bicyclic) bond motifs is 1. The summed E-state index contributed by atoms with van der Waals surface area (Å²) in [5, 5.41) is 0.595. The van der Waals surface area contributed by atoms with E-state index in [9.17, 15) is 9.18 Å². The Morgan fingerprint density at radius 1 is 1.06 bits per heavy atom. The van der Waals surface area contributed by atoms with Crippen LogP contribution in [-0.2, 0) is 4.79 Å². The van der Waals surface area contributed by atoms with Gasteiger partial charge in [0.2, 0.25) is 0 Å².